The van der Waals surface area contributed by atoms with Crippen molar-refractivity contribution in [2.24, 2.45) is 22.2 Å². The lowest BCUT2D eigenvalue weighted by Crippen LogP contribution is -2.50. The van der Waals surface area contributed by atoms with Gasteiger partial charge in [0.2, 0.25) is 5.91 Å². The molecule has 0 bridgehead atoms. The maximum absolute atomic E-state index is 13.3. The van der Waals surface area contributed by atoms with Gasteiger partial charge in [0.25, 0.3) is 0 Å². The van der Waals surface area contributed by atoms with Crippen molar-refractivity contribution in [2.75, 3.05) is 19.6 Å². The van der Waals surface area contributed by atoms with Crippen molar-refractivity contribution in [1.82, 2.24) is 15.5 Å². The Hall–Kier alpha value is -2.30. The van der Waals surface area contributed by atoms with Crippen LogP contribution in [-0.2, 0) is 4.79 Å². The highest BCUT2D eigenvalue weighted by atomic mass is 16.2. The molecule has 2 aliphatic rings. The standard InChI is InChI=1S/C30H50N4O/c1-9-27(31-19-22(2)3)17-25-15-16-34(21-25)24(5)20-32-29(35)28(26-13-11-10-12-14-26)33-23(4)18-30(6,7)8/h9,19,25-26,28,33H,2,4-5,10-18,20-21H2,1,3,6-8H3,(H,32,35)/b27-9-,31-19?. The van der Waals surface area contributed by atoms with Gasteiger partial charge in [0.05, 0.1) is 6.54 Å². The Labute approximate surface area is 214 Å². The highest BCUT2D eigenvalue weighted by Crippen LogP contribution is 2.29. The normalized spacial score (nSPS) is 20.7. The van der Waals surface area contributed by atoms with E-state index in [9.17, 15) is 4.79 Å². The first-order valence-electron chi connectivity index (χ1n) is 13.5. The van der Waals surface area contributed by atoms with Gasteiger partial charge < -0.3 is 15.5 Å². The first-order valence-corrected chi connectivity index (χ1v) is 13.5. The number of carbonyl (C=O) groups excluding carboxylic acids is 1. The highest BCUT2D eigenvalue weighted by Gasteiger charge is 2.31. The molecule has 1 aliphatic heterocycles. The van der Waals surface area contributed by atoms with Crippen molar-refractivity contribution < 1.29 is 4.79 Å². The van der Waals surface area contributed by atoms with Gasteiger partial charge in [-0.2, -0.15) is 0 Å². The van der Waals surface area contributed by atoms with E-state index in [1.807, 2.05) is 20.1 Å². The molecule has 1 aliphatic carbocycles. The minimum Gasteiger partial charge on any atom is -0.377 e. The fourth-order valence-corrected chi connectivity index (χ4v) is 5.21. The Morgan fingerprint density at radius 1 is 1.14 bits per heavy atom. The summed E-state index contributed by atoms with van der Waals surface area (Å²) in [5.41, 5.74) is 4.16. The zero-order chi connectivity index (χ0) is 26.0. The molecule has 196 valence electrons. The predicted octanol–water partition coefficient (Wildman–Crippen LogP) is 6.37. The van der Waals surface area contributed by atoms with Gasteiger partial charge in [0.15, 0.2) is 0 Å². The van der Waals surface area contributed by atoms with E-state index in [-0.39, 0.29) is 17.4 Å². The number of amides is 1. The minimum absolute atomic E-state index is 0.0780. The Morgan fingerprint density at radius 2 is 1.83 bits per heavy atom. The summed E-state index contributed by atoms with van der Waals surface area (Å²) < 4.78 is 0. The van der Waals surface area contributed by atoms with Gasteiger partial charge in [0, 0.05) is 36.4 Å². The van der Waals surface area contributed by atoms with E-state index in [0.717, 1.165) is 67.9 Å². The zero-order valence-corrected chi connectivity index (χ0v) is 23.1. The summed E-state index contributed by atoms with van der Waals surface area (Å²) in [7, 11) is 0. The molecular formula is C30H50N4O. The van der Waals surface area contributed by atoms with Crippen molar-refractivity contribution in [3.8, 4) is 0 Å². The molecule has 0 aromatic rings. The van der Waals surface area contributed by atoms with E-state index >= 15 is 0 Å². The first-order chi connectivity index (χ1) is 16.5. The number of nitrogens with zero attached hydrogens (tertiary/aromatic N) is 2. The number of likely N-dealkylation sites (tertiary alicyclic amines) is 1. The number of carbonyl (C=O) groups is 1. The van der Waals surface area contributed by atoms with Crippen LogP contribution in [0.3, 0.4) is 0 Å². The molecule has 35 heavy (non-hydrogen) atoms. The molecule has 0 spiro atoms. The smallest absolute Gasteiger partial charge is 0.243 e. The van der Waals surface area contributed by atoms with Crippen LogP contribution < -0.4 is 10.6 Å². The molecule has 1 heterocycles. The van der Waals surface area contributed by atoms with Gasteiger partial charge in [-0.05, 0) is 68.8 Å². The van der Waals surface area contributed by atoms with E-state index in [1.54, 1.807) is 0 Å². The summed E-state index contributed by atoms with van der Waals surface area (Å²) in [6.45, 7) is 25.5. The molecule has 2 rings (SSSR count). The summed E-state index contributed by atoms with van der Waals surface area (Å²) in [6, 6.07) is -0.215. The first kappa shape index (κ1) is 28.9. The van der Waals surface area contributed by atoms with Crippen LogP contribution in [0, 0.1) is 17.3 Å². The predicted molar refractivity (Wildman–Crippen MR) is 150 cm³/mol. The van der Waals surface area contributed by atoms with Crippen LogP contribution in [0.4, 0.5) is 0 Å². The lowest BCUT2D eigenvalue weighted by atomic mass is 9.83. The Balaban J connectivity index is 1.90. The van der Waals surface area contributed by atoms with Crippen LogP contribution >= 0.6 is 0 Å². The zero-order valence-electron chi connectivity index (χ0n) is 23.1. The second kappa shape index (κ2) is 13.7. The highest BCUT2D eigenvalue weighted by molar-refractivity contribution is 5.82. The van der Waals surface area contributed by atoms with Crippen molar-refractivity contribution in [2.45, 2.75) is 92.0 Å². The molecular weight excluding hydrogens is 432 g/mol. The SMILES string of the molecule is C=C(C)C=N/C(=C\C)CC1CCN(C(=C)CNC(=O)C(NC(=C)CC(C)(C)C)C2CCCCC2)C1. The van der Waals surface area contributed by atoms with E-state index in [2.05, 4.69) is 67.1 Å². The quantitative estimate of drug-likeness (QED) is 0.318. The Kier molecular flexibility index (Phi) is 11.3. The van der Waals surface area contributed by atoms with Crippen molar-refractivity contribution in [3.05, 3.63) is 48.5 Å². The summed E-state index contributed by atoms with van der Waals surface area (Å²) in [5, 5.41) is 6.71. The summed E-state index contributed by atoms with van der Waals surface area (Å²) in [6.07, 6.45) is 12.7. The fraction of sp³-hybridized carbons (Fsp3) is 0.667. The third-order valence-corrected chi connectivity index (χ3v) is 6.99. The molecule has 2 unspecified atom stereocenters. The number of hydrogen-bond acceptors (Lipinski definition) is 4. The summed E-state index contributed by atoms with van der Waals surface area (Å²) >= 11 is 0. The average Bonchev–Trinajstić information content (AvgIpc) is 3.26. The molecule has 1 amide bonds. The maximum atomic E-state index is 13.3. The second-order valence-electron chi connectivity index (χ2n) is 11.8. The lowest BCUT2D eigenvalue weighted by Gasteiger charge is -2.33. The largest absolute Gasteiger partial charge is 0.377 e. The maximum Gasteiger partial charge on any atom is 0.243 e. The topological polar surface area (TPSA) is 56.7 Å². The van der Waals surface area contributed by atoms with E-state index in [0.29, 0.717) is 18.4 Å². The molecule has 0 aromatic heterocycles. The number of aliphatic imine (C=N–C) groups is 1. The number of allylic oxidation sites excluding steroid dienone is 4. The molecule has 5 nitrogen and oxygen atoms in total. The van der Waals surface area contributed by atoms with Crippen molar-refractivity contribution in [1.29, 1.82) is 0 Å². The molecule has 2 fully saturated rings. The van der Waals surface area contributed by atoms with Crippen LogP contribution in [0.15, 0.2) is 53.5 Å². The van der Waals surface area contributed by atoms with Crippen LogP contribution in [0.25, 0.3) is 0 Å². The lowest BCUT2D eigenvalue weighted by molar-refractivity contribution is -0.124. The third-order valence-electron chi connectivity index (χ3n) is 6.99. The minimum atomic E-state index is -0.215. The Morgan fingerprint density at radius 3 is 2.43 bits per heavy atom. The average molecular weight is 483 g/mol. The third kappa shape index (κ3) is 10.5. The van der Waals surface area contributed by atoms with Crippen LogP contribution in [-0.4, -0.2) is 42.7 Å². The summed E-state index contributed by atoms with van der Waals surface area (Å²) in [4.78, 5) is 20.2. The Bertz CT molecular complexity index is 811. The number of nitrogens with one attached hydrogen (secondary N) is 2. The van der Waals surface area contributed by atoms with E-state index in [4.69, 9.17) is 0 Å². The van der Waals surface area contributed by atoms with E-state index in [1.165, 1.54) is 19.3 Å². The van der Waals surface area contributed by atoms with Gasteiger partial charge in [0.1, 0.15) is 6.04 Å². The fourth-order valence-electron chi connectivity index (χ4n) is 5.21. The second-order valence-corrected chi connectivity index (χ2v) is 11.8. The number of hydrogen-bond donors (Lipinski definition) is 2. The number of rotatable bonds is 12. The molecule has 5 heteroatoms. The van der Waals surface area contributed by atoms with Crippen LogP contribution in [0.1, 0.15) is 86.0 Å². The molecule has 2 N–H and O–H groups in total. The monoisotopic (exact) mass is 482 g/mol. The molecule has 0 aromatic carbocycles. The van der Waals surface area contributed by atoms with Gasteiger partial charge in [-0.25, -0.2) is 0 Å². The molecule has 0 radical (unpaired) electrons. The van der Waals surface area contributed by atoms with Gasteiger partial charge in [-0.3, -0.25) is 9.79 Å². The van der Waals surface area contributed by atoms with Crippen LogP contribution in [0.2, 0.25) is 0 Å². The van der Waals surface area contributed by atoms with Crippen LogP contribution in [0.5, 0.6) is 0 Å². The molecule has 1 saturated heterocycles. The van der Waals surface area contributed by atoms with Gasteiger partial charge in [-0.15, -0.1) is 0 Å². The molecule has 2 atom stereocenters. The molecule has 1 saturated carbocycles. The van der Waals surface area contributed by atoms with Crippen molar-refractivity contribution in [3.63, 3.8) is 0 Å². The van der Waals surface area contributed by atoms with Gasteiger partial charge >= 0.3 is 0 Å². The van der Waals surface area contributed by atoms with Crippen molar-refractivity contribution >= 4 is 12.1 Å². The van der Waals surface area contributed by atoms with Gasteiger partial charge in [-0.1, -0.05) is 65.8 Å². The summed E-state index contributed by atoms with van der Waals surface area (Å²) in [5.74, 6) is 0.992. The van der Waals surface area contributed by atoms with E-state index < -0.39 is 0 Å².